The Kier molecular flexibility index (Phi) is 6.84. The third kappa shape index (κ3) is 4.96. The van der Waals surface area contributed by atoms with E-state index in [-0.39, 0.29) is 5.91 Å². The topological polar surface area (TPSA) is 65.4 Å². The van der Waals surface area contributed by atoms with Crippen molar-refractivity contribution in [2.45, 2.75) is 20.3 Å². The molecular formula is C18H24ClN3O3. The van der Waals surface area contributed by atoms with Crippen LogP contribution in [-0.2, 0) is 18.2 Å². The zero-order valence-corrected chi connectivity index (χ0v) is 15.8. The van der Waals surface area contributed by atoms with Crippen molar-refractivity contribution in [2.75, 3.05) is 26.9 Å². The van der Waals surface area contributed by atoms with Crippen molar-refractivity contribution in [3.8, 4) is 5.75 Å². The summed E-state index contributed by atoms with van der Waals surface area (Å²) in [5, 5.41) is 7.31. The fraction of sp³-hybridized carbons (Fsp3) is 0.444. The lowest BCUT2D eigenvalue weighted by Crippen LogP contribution is -2.30. The lowest BCUT2D eigenvalue weighted by molar-refractivity contribution is 0.0937. The fourth-order valence-electron chi connectivity index (χ4n) is 2.54. The molecule has 0 spiro atoms. The van der Waals surface area contributed by atoms with Gasteiger partial charge in [-0.3, -0.25) is 9.48 Å². The third-order valence-corrected chi connectivity index (χ3v) is 4.30. The minimum Gasteiger partial charge on any atom is -0.491 e. The number of halogens is 1. The van der Waals surface area contributed by atoms with Crippen LogP contribution in [0.5, 0.6) is 5.75 Å². The number of benzene rings is 1. The zero-order chi connectivity index (χ0) is 18.4. The smallest absolute Gasteiger partial charge is 0.271 e. The molecular weight excluding hydrogens is 342 g/mol. The van der Waals surface area contributed by atoms with Gasteiger partial charge in [-0.2, -0.15) is 5.10 Å². The van der Waals surface area contributed by atoms with Gasteiger partial charge in [-0.05, 0) is 37.5 Å². The maximum atomic E-state index is 12.2. The molecule has 7 heteroatoms. The first-order valence-electron chi connectivity index (χ1n) is 8.12. The number of rotatable bonds is 8. The Balaban J connectivity index is 1.84. The maximum Gasteiger partial charge on any atom is 0.271 e. The molecule has 0 fully saturated rings. The number of aryl methyl sites for hydroxylation is 3. The van der Waals surface area contributed by atoms with Gasteiger partial charge in [0.25, 0.3) is 5.91 Å². The molecule has 0 saturated carbocycles. The second kappa shape index (κ2) is 8.87. The average Bonchev–Trinajstić information content (AvgIpc) is 2.83. The highest BCUT2D eigenvalue weighted by atomic mass is 35.5. The van der Waals surface area contributed by atoms with Gasteiger partial charge in [0, 0.05) is 14.2 Å². The van der Waals surface area contributed by atoms with Crippen molar-refractivity contribution in [2.24, 2.45) is 7.05 Å². The van der Waals surface area contributed by atoms with E-state index in [4.69, 9.17) is 21.1 Å². The first-order chi connectivity index (χ1) is 11.9. The Morgan fingerprint density at radius 1 is 1.32 bits per heavy atom. The number of ether oxygens (including phenoxy) is 2. The lowest BCUT2D eigenvalue weighted by atomic mass is 10.1. The number of methoxy groups -OCH3 is 1. The van der Waals surface area contributed by atoms with Crippen LogP contribution in [0.15, 0.2) is 18.2 Å². The SMILES string of the molecule is COCCc1ccc(OCCNC(=O)c2c(Cl)c(C)nn2C)c(C)c1. The van der Waals surface area contributed by atoms with Gasteiger partial charge in [-0.25, -0.2) is 0 Å². The van der Waals surface area contributed by atoms with Crippen LogP contribution < -0.4 is 10.1 Å². The highest BCUT2D eigenvalue weighted by Gasteiger charge is 2.18. The van der Waals surface area contributed by atoms with Crippen LogP contribution in [-0.4, -0.2) is 42.6 Å². The number of carbonyl (C=O) groups is 1. The van der Waals surface area contributed by atoms with Crippen LogP contribution >= 0.6 is 11.6 Å². The summed E-state index contributed by atoms with van der Waals surface area (Å²) in [6, 6.07) is 6.06. The summed E-state index contributed by atoms with van der Waals surface area (Å²) < 4.78 is 12.3. The normalized spacial score (nSPS) is 10.8. The van der Waals surface area contributed by atoms with Crippen LogP contribution in [0.2, 0.25) is 5.02 Å². The molecule has 0 aliphatic heterocycles. The molecule has 1 aromatic heterocycles. The summed E-state index contributed by atoms with van der Waals surface area (Å²) in [5.74, 6) is 0.549. The molecule has 2 aromatic rings. The van der Waals surface area contributed by atoms with E-state index in [9.17, 15) is 4.79 Å². The van der Waals surface area contributed by atoms with Gasteiger partial charge >= 0.3 is 0 Å². The van der Waals surface area contributed by atoms with Crippen LogP contribution in [0, 0.1) is 13.8 Å². The molecule has 1 heterocycles. The highest BCUT2D eigenvalue weighted by Crippen LogP contribution is 2.20. The molecule has 0 unspecified atom stereocenters. The molecule has 0 aliphatic rings. The van der Waals surface area contributed by atoms with E-state index in [1.807, 2.05) is 19.1 Å². The van der Waals surface area contributed by atoms with E-state index in [0.29, 0.717) is 36.2 Å². The Labute approximate surface area is 153 Å². The van der Waals surface area contributed by atoms with Crippen LogP contribution in [0.25, 0.3) is 0 Å². The van der Waals surface area contributed by atoms with Crippen LogP contribution in [0.1, 0.15) is 27.3 Å². The van der Waals surface area contributed by atoms with Gasteiger partial charge < -0.3 is 14.8 Å². The minimum absolute atomic E-state index is 0.261. The molecule has 1 aromatic carbocycles. The van der Waals surface area contributed by atoms with Crippen molar-refractivity contribution >= 4 is 17.5 Å². The van der Waals surface area contributed by atoms with E-state index in [0.717, 1.165) is 17.7 Å². The molecule has 6 nitrogen and oxygen atoms in total. The van der Waals surface area contributed by atoms with Gasteiger partial charge in [-0.1, -0.05) is 23.7 Å². The fourth-order valence-corrected chi connectivity index (χ4v) is 2.78. The van der Waals surface area contributed by atoms with Gasteiger partial charge in [0.15, 0.2) is 0 Å². The largest absolute Gasteiger partial charge is 0.491 e. The number of aromatic nitrogens is 2. The summed E-state index contributed by atoms with van der Waals surface area (Å²) in [4.78, 5) is 12.2. The summed E-state index contributed by atoms with van der Waals surface area (Å²) in [7, 11) is 3.39. The van der Waals surface area contributed by atoms with E-state index in [1.54, 1.807) is 21.1 Å². The van der Waals surface area contributed by atoms with E-state index < -0.39 is 0 Å². The first-order valence-corrected chi connectivity index (χ1v) is 8.50. The van der Waals surface area contributed by atoms with E-state index in [1.165, 1.54) is 10.2 Å². The predicted octanol–water partition coefficient (Wildman–Crippen LogP) is 2.69. The van der Waals surface area contributed by atoms with Gasteiger partial charge in [0.1, 0.15) is 18.1 Å². The Bertz CT molecular complexity index is 743. The Morgan fingerprint density at radius 3 is 2.68 bits per heavy atom. The lowest BCUT2D eigenvalue weighted by Gasteiger charge is -2.11. The zero-order valence-electron chi connectivity index (χ0n) is 15.1. The Hall–Kier alpha value is -2.05. The average molecular weight is 366 g/mol. The van der Waals surface area contributed by atoms with Gasteiger partial charge in [0.2, 0.25) is 0 Å². The standard InChI is InChI=1S/C18H24ClN3O3/c1-12-11-14(7-9-24-4)5-6-15(12)25-10-8-20-18(23)17-16(19)13(2)21-22(17)3/h5-6,11H,7-10H2,1-4H3,(H,20,23). The second-order valence-electron chi connectivity index (χ2n) is 5.82. The van der Waals surface area contributed by atoms with Gasteiger partial charge in [0.05, 0.1) is 23.9 Å². The summed E-state index contributed by atoms with van der Waals surface area (Å²) >= 11 is 6.11. The molecule has 2 rings (SSSR count). The third-order valence-electron chi connectivity index (χ3n) is 3.84. The molecule has 136 valence electrons. The summed E-state index contributed by atoms with van der Waals surface area (Å²) in [6.07, 6.45) is 0.874. The number of nitrogens with one attached hydrogen (secondary N) is 1. The van der Waals surface area contributed by atoms with Gasteiger partial charge in [-0.15, -0.1) is 0 Å². The predicted molar refractivity (Wildman–Crippen MR) is 97.5 cm³/mol. The Morgan fingerprint density at radius 2 is 2.08 bits per heavy atom. The summed E-state index contributed by atoms with van der Waals surface area (Å²) in [5.41, 5.74) is 3.26. The number of carbonyl (C=O) groups excluding carboxylic acids is 1. The van der Waals surface area contributed by atoms with Crippen LogP contribution in [0.3, 0.4) is 0 Å². The highest BCUT2D eigenvalue weighted by molar-refractivity contribution is 6.34. The molecule has 0 atom stereocenters. The van der Waals surface area contributed by atoms with Crippen LogP contribution in [0.4, 0.5) is 0 Å². The molecule has 0 saturated heterocycles. The maximum absolute atomic E-state index is 12.2. The van der Waals surface area contributed by atoms with Crippen molar-refractivity contribution in [3.05, 3.63) is 45.7 Å². The number of nitrogens with zero attached hydrogens (tertiary/aromatic N) is 2. The quantitative estimate of drug-likeness (QED) is 0.730. The summed E-state index contributed by atoms with van der Waals surface area (Å²) in [6.45, 7) is 5.22. The first kappa shape index (κ1) is 19.3. The molecule has 0 aliphatic carbocycles. The van der Waals surface area contributed by atoms with Crippen molar-refractivity contribution in [1.82, 2.24) is 15.1 Å². The molecule has 25 heavy (non-hydrogen) atoms. The van der Waals surface area contributed by atoms with Crippen molar-refractivity contribution < 1.29 is 14.3 Å². The molecule has 0 radical (unpaired) electrons. The minimum atomic E-state index is -0.261. The number of hydrogen-bond acceptors (Lipinski definition) is 4. The molecule has 0 bridgehead atoms. The second-order valence-corrected chi connectivity index (χ2v) is 6.20. The van der Waals surface area contributed by atoms with Crippen molar-refractivity contribution in [3.63, 3.8) is 0 Å². The van der Waals surface area contributed by atoms with E-state index >= 15 is 0 Å². The molecule has 1 amide bonds. The monoisotopic (exact) mass is 365 g/mol. The number of hydrogen-bond donors (Lipinski definition) is 1. The van der Waals surface area contributed by atoms with E-state index in [2.05, 4.69) is 16.5 Å². The number of amides is 1. The van der Waals surface area contributed by atoms with Crippen molar-refractivity contribution in [1.29, 1.82) is 0 Å². The molecule has 1 N–H and O–H groups in total.